The maximum absolute atomic E-state index is 13.8. The van der Waals surface area contributed by atoms with Crippen molar-refractivity contribution in [3.05, 3.63) is 101 Å². The molecule has 0 unspecified atom stereocenters. The number of carbonyl (C=O) groups excluding carboxylic acids is 2. The van der Waals surface area contributed by atoms with Gasteiger partial charge in [-0.2, -0.15) is 0 Å². The standard InChI is InChI=1S/C27H24F2N2O3/c1-27(2)15-17-6-10-20(34-3)13-22(17)24(31-27)14-25(32)16-4-8-19(9-5-16)30-26(33)21-11-7-18(28)12-23(21)29/h4-14,31H,15H2,1-3H3,(H,30,33). The summed E-state index contributed by atoms with van der Waals surface area (Å²) in [5, 5.41) is 5.98. The Bertz CT molecular complexity index is 1300. The Kier molecular flexibility index (Phi) is 6.20. The van der Waals surface area contributed by atoms with Crippen molar-refractivity contribution in [3.63, 3.8) is 0 Å². The van der Waals surface area contributed by atoms with Gasteiger partial charge in [-0.1, -0.05) is 6.07 Å². The minimum Gasteiger partial charge on any atom is -0.497 e. The van der Waals surface area contributed by atoms with Gasteiger partial charge in [-0.15, -0.1) is 0 Å². The zero-order chi connectivity index (χ0) is 24.5. The molecule has 0 saturated carbocycles. The normalized spacial score (nSPS) is 15.3. The van der Waals surface area contributed by atoms with Gasteiger partial charge in [0.25, 0.3) is 5.91 Å². The Morgan fingerprint density at radius 2 is 1.76 bits per heavy atom. The first-order valence-corrected chi connectivity index (χ1v) is 10.7. The van der Waals surface area contributed by atoms with Gasteiger partial charge in [0.1, 0.15) is 17.4 Å². The quantitative estimate of drug-likeness (QED) is 0.395. The molecule has 0 aliphatic carbocycles. The van der Waals surface area contributed by atoms with E-state index >= 15 is 0 Å². The Labute approximate surface area is 196 Å². The first kappa shape index (κ1) is 23.2. The molecular weight excluding hydrogens is 438 g/mol. The summed E-state index contributed by atoms with van der Waals surface area (Å²) >= 11 is 0. The summed E-state index contributed by atoms with van der Waals surface area (Å²) in [6.45, 7) is 4.14. The Morgan fingerprint density at radius 3 is 2.44 bits per heavy atom. The molecule has 0 atom stereocenters. The Balaban J connectivity index is 1.54. The van der Waals surface area contributed by atoms with Crippen LogP contribution in [0, 0.1) is 11.6 Å². The first-order chi connectivity index (χ1) is 16.1. The summed E-state index contributed by atoms with van der Waals surface area (Å²) < 4.78 is 32.3. The minimum absolute atomic E-state index is 0.212. The predicted molar refractivity (Wildman–Crippen MR) is 127 cm³/mol. The van der Waals surface area contributed by atoms with E-state index in [9.17, 15) is 18.4 Å². The number of ether oxygens (including phenoxy) is 1. The second kappa shape index (κ2) is 9.09. The van der Waals surface area contributed by atoms with Crippen molar-refractivity contribution in [2.24, 2.45) is 0 Å². The lowest BCUT2D eigenvalue weighted by Crippen LogP contribution is -2.43. The SMILES string of the molecule is COc1ccc2c(c1)C(=CC(=O)c1ccc(NC(=O)c3ccc(F)cc3F)cc1)NC(C)(C)C2. The fourth-order valence-electron chi connectivity index (χ4n) is 3.96. The molecule has 0 radical (unpaired) electrons. The second-order valence-corrected chi connectivity index (χ2v) is 8.79. The monoisotopic (exact) mass is 462 g/mol. The fraction of sp³-hybridized carbons (Fsp3) is 0.185. The van der Waals surface area contributed by atoms with Crippen LogP contribution in [0.25, 0.3) is 5.70 Å². The van der Waals surface area contributed by atoms with Crippen LogP contribution in [0.15, 0.2) is 66.7 Å². The first-order valence-electron chi connectivity index (χ1n) is 10.7. The van der Waals surface area contributed by atoms with Crippen molar-refractivity contribution in [2.45, 2.75) is 25.8 Å². The molecule has 34 heavy (non-hydrogen) atoms. The Morgan fingerprint density at radius 1 is 1.03 bits per heavy atom. The Hall–Kier alpha value is -4.00. The summed E-state index contributed by atoms with van der Waals surface area (Å²) in [5.41, 5.74) is 3.05. The molecule has 0 aromatic heterocycles. The van der Waals surface area contributed by atoms with Crippen LogP contribution < -0.4 is 15.4 Å². The average molecular weight is 462 g/mol. The lowest BCUT2D eigenvalue weighted by molar-refractivity contribution is 0.102. The molecule has 5 nitrogen and oxygen atoms in total. The number of allylic oxidation sites excluding steroid dienone is 1. The van der Waals surface area contributed by atoms with Crippen molar-refractivity contribution in [1.29, 1.82) is 0 Å². The van der Waals surface area contributed by atoms with E-state index in [2.05, 4.69) is 24.5 Å². The van der Waals surface area contributed by atoms with Crippen LogP contribution in [-0.2, 0) is 6.42 Å². The zero-order valence-corrected chi connectivity index (χ0v) is 19.0. The molecule has 1 aliphatic rings. The van der Waals surface area contributed by atoms with Gasteiger partial charge in [0.2, 0.25) is 0 Å². The van der Waals surface area contributed by atoms with Gasteiger partial charge in [0, 0.05) is 40.2 Å². The largest absolute Gasteiger partial charge is 0.497 e. The number of benzene rings is 3. The molecule has 1 heterocycles. The van der Waals surface area contributed by atoms with E-state index in [-0.39, 0.29) is 16.9 Å². The number of ketones is 1. The number of methoxy groups -OCH3 is 1. The molecule has 3 aromatic carbocycles. The van der Waals surface area contributed by atoms with Crippen molar-refractivity contribution in [2.75, 3.05) is 12.4 Å². The van der Waals surface area contributed by atoms with Gasteiger partial charge in [-0.3, -0.25) is 9.59 Å². The highest BCUT2D eigenvalue weighted by Crippen LogP contribution is 2.32. The number of anilines is 1. The zero-order valence-electron chi connectivity index (χ0n) is 19.0. The molecule has 3 aromatic rings. The highest BCUT2D eigenvalue weighted by molar-refractivity contribution is 6.09. The van der Waals surface area contributed by atoms with Crippen molar-refractivity contribution in [3.8, 4) is 5.75 Å². The van der Waals surface area contributed by atoms with E-state index in [0.717, 1.165) is 29.7 Å². The number of halogens is 2. The van der Waals surface area contributed by atoms with E-state index in [0.29, 0.717) is 28.8 Å². The minimum atomic E-state index is -0.948. The van der Waals surface area contributed by atoms with Gasteiger partial charge >= 0.3 is 0 Å². The van der Waals surface area contributed by atoms with Gasteiger partial charge in [0.15, 0.2) is 5.78 Å². The topological polar surface area (TPSA) is 67.4 Å². The summed E-state index contributed by atoms with van der Waals surface area (Å²) in [6, 6.07) is 14.8. The fourth-order valence-corrected chi connectivity index (χ4v) is 3.96. The molecule has 174 valence electrons. The summed E-state index contributed by atoms with van der Waals surface area (Å²) in [6.07, 6.45) is 2.36. The van der Waals surface area contributed by atoms with Crippen LogP contribution in [0.3, 0.4) is 0 Å². The van der Waals surface area contributed by atoms with Gasteiger partial charge in [0.05, 0.1) is 12.7 Å². The molecular formula is C27H24F2N2O3. The van der Waals surface area contributed by atoms with E-state index in [4.69, 9.17) is 4.74 Å². The molecule has 2 N–H and O–H groups in total. The van der Waals surface area contributed by atoms with Gasteiger partial charge < -0.3 is 15.4 Å². The number of carbonyl (C=O) groups is 2. The van der Waals surface area contributed by atoms with Crippen LogP contribution in [0.5, 0.6) is 5.75 Å². The molecule has 0 spiro atoms. The predicted octanol–water partition coefficient (Wildman–Crippen LogP) is 5.37. The molecule has 7 heteroatoms. The third kappa shape index (κ3) is 4.98. The van der Waals surface area contributed by atoms with Gasteiger partial charge in [-0.05, 0) is 74.4 Å². The van der Waals surface area contributed by atoms with Crippen LogP contribution >= 0.6 is 0 Å². The second-order valence-electron chi connectivity index (χ2n) is 8.79. The van der Waals surface area contributed by atoms with E-state index in [1.54, 1.807) is 37.5 Å². The molecule has 1 amide bonds. The van der Waals surface area contributed by atoms with Gasteiger partial charge in [-0.25, -0.2) is 8.78 Å². The van der Waals surface area contributed by atoms with E-state index in [1.165, 1.54) is 0 Å². The van der Waals surface area contributed by atoms with Crippen molar-refractivity contribution >= 4 is 23.1 Å². The molecule has 0 fully saturated rings. The highest BCUT2D eigenvalue weighted by Gasteiger charge is 2.28. The maximum atomic E-state index is 13.8. The van der Waals surface area contributed by atoms with Crippen LogP contribution in [0.4, 0.5) is 14.5 Å². The molecule has 0 bridgehead atoms. The van der Waals surface area contributed by atoms with Crippen LogP contribution in [0.1, 0.15) is 45.7 Å². The van der Waals surface area contributed by atoms with Crippen molar-refractivity contribution in [1.82, 2.24) is 5.32 Å². The number of rotatable bonds is 5. The van der Waals surface area contributed by atoms with E-state index in [1.807, 2.05) is 18.2 Å². The third-order valence-electron chi connectivity index (χ3n) is 5.59. The van der Waals surface area contributed by atoms with Crippen molar-refractivity contribution < 1.29 is 23.1 Å². The summed E-state index contributed by atoms with van der Waals surface area (Å²) in [5.74, 6) is -1.93. The average Bonchev–Trinajstić information content (AvgIpc) is 2.78. The lowest BCUT2D eigenvalue weighted by Gasteiger charge is -2.35. The van der Waals surface area contributed by atoms with E-state index < -0.39 is 17.5 Å². The summed E-state index contributed by atoms with van der Waals surface area (Å²) in [7, 11) is 1.60. The number of hydrogen-bond donors (Lipinski definition) is 2. The maximum Gasteiger partial charge on any atom is 0.258 e. The number of nitrogens with one attached hydrogen (secondary N) is 2. The molecule has 1 aliphatic heterocycles. The smallest absolute Gasteiger partial charge is 0.258 e. The molecule has 4 rings (SSSR count). The number of amides is 1. The summed E-state index contributed by atoms with van der Waals surface area (Å²) in [4.78, 5) is 25.3. The molecule has 0 saturated heterocycles. The highest BCUT2D eigenvalue weighted by atomic mass is 19.1. The number of fused-ring (bicyclic) bond motifs is 1. The third-order valence-corrected chi connectivity index (χ3v) is 5.59. The van der Waals surface area contributed by atoms with Crippen LogP contribution in [-0.4, -0.2) is 24.3 Å². The van der Waals surface area contributed by atoms with Crippen LogP contribution in [0.2, 0.25) is 0 Å². The lowest BCUT2D eigenvalue weighted by atomic mass is 9.85. The number of hydrogen-bond acceptors (Lipinski definition) is 4.